The van der Waals surface area contributed by atoms with Gasteiger partial charge in [0.2, 0.25) is 5.91 Å². The monoisotopic (exact) mass is 196 g/mol. The maximum Gasteiger partial charge on any atom is 0.245 e. The van der Waals surface area contributed by atoms with E-state index in [4.69, 9.17) is 0 Å². The maximum absolute atomic E-state index is 10.8. The summed E-state index contributed by atoms with van der Waals surface area (Å²) in [5.41, 5.74) is 1.37. The third-order valence-corrected chi connectivity index (χ3v) is 3.53. The molecule has 4 heteroatoms. The normalized spacial score (nSPS) is 16.3. The van der Waals surface area contributed by atoms with Crippen LogP contribution in [0.4, 0.5) is 0 Å². The van der Waals surface area contributed by atoms with E-state index in [2.05, 4.69) is 9.56 Å². The van der Waals surface area contributed by atoms with E-state index in [9.17, 15) is 4.79 Å². The minimum Gasteiger partial charge on any atom is -0.323 e. The van der Waals surface area contributed by atoms with Gasteiger partial charge in [0, 0.05) is 24.5 Å². The van der Waals surface area contributed by atoms with Crippen molar-refractivity contribution < 1.29 is 4.79 Å². The molecule has 0 aliphatic heterocycles. The Morgan fingerprint density at radius 2 is 2.31 bits per heavy atom. The molecule has 1 heterocycles. The molecule has 1 aromatic rings. The predicted molar refractivity (Wildman–Crippen MR) is 51.6 cm³/mol. The van der Waals surface area contributed by atoms with E-state index < -0.39 is 0 Å². The Kier molecular flexibility index (Phi) is 2.07. The van der Waals surface area contributed by atoms with Gasteiger partial charge in [-0.25, -0.2) is 0 Å². The third kappa shape index (κ3) is 1.46. The number of carbonyl (C=O) groups excluding carboxylic acids is 1. The van der Waals surface area contributed by atoms with Crippen molar-refractivity contribution in [2.24, 2.45) is 12.0 Å². The minimum atomic E-state index is -0.115. The van der Waals surface area contributed by atoms with Gasteiger partial charge in [-0.15, -0.1) is 11.3 Å². The van der Waals surface area contributed by atoms with Crippen LogP contribution in [0.5, 0.6) is 0 Å². The molecule has 0 fully saturated rings. The second-order valence-corrected chi connectivity index (χ2v) is 4.36. The van der Waals surface area contributed by atoms with Gasteiger partial charge in [0.15, 0.2) is 4.80 Å². The second kappa shape index (κ2) is 3.10. The van der Waals surface area contributed by atoms with Crippen molar-refractivity contribution in [3.05, 3.63) is 15.4 Å². The van der Waals surface area contributed by atoms with Crippen LogP contribution in [0, 0.1) is 0 Å². The summed E-state index contributed by atoms with van der Waals surface area (Å²) in [4.78, 5) is 17.0. The first kappa shape index (κ1) is 8.69. The van der Waals surface area contributed by atoms with E-state index in [1.54, 1.807) is 11.3 Å². The average Bonchev–Trinajstić information content (AvgIpc) is 2.56. The fourth-order valence-electron chi connectivity index (χ4n) is 1.69. The molecular formula is C9H12N2OS. The summed E-state index contributed by atoms with van der Waals surface area (Å²) in [6.45, 7) is 1.49. The lowest BCUT2D eigenvalue weighted by Crippen LogP contribution is -2.14. The Morgan fingerprint density at radius 3 is 2.92 bits per heavy atom. The molecule has 2 rings (SSSR count). The highest BCUT2D eigenvalue weighted by Crippen LogP contribution is 2.23. The Bertz CT molecular complexity index is 414. The molecule has 0 saturated heterocycles. The number of aromatic nitrogens is 1. The summed E-state index contributed by atoms with van der Waals surface area (Å²) in [5.74, 6) is -0.115. The van der Waals surface area contributed by atoms with Crippen molar-refractivity contribution in [1.29, 1.82) is 0 Å². The third-order valence-electron chi connectivity index (χ3n) is 2.30. The van der Waals surface area contributed by atoms with Gasteiger partial charge < -0.3 is 4.57 Å². The number of thiazole rings is 1. The van der Waals surface area contributed by atoms with Crippen LogP contribution in [0.25, 0.3) is 0 Å². The number of fused-ring (bicyclic) bond motifs is 1. The molecule has 0 bridgehead atoms. The first-order chi connectivity index (χ1) is 6.18. The number of nitrogens with zero attached hydrogens (tertiary/aromatic N) is 2. The van der Waals surface area contributed by atoms with Crippen LogP contribution in [0.2, 0.25) is 0 Å². The fourth-order valence-corrected chi connectivity index (χ4v) is 2.94. The molecule has 13 heavy (non-hydrogen) atoms. The molecule has 1 amide bonds. The molecule has 0 spiro atoms. The largest absolute Gasteiger partial charge is 0.323 e. The first-order valence-electron chi connectivity index (χ1n) is 4.41. The van der Waals surface area contributed by atoms with Crippen LogP contribution in [0.3, 0.4) is 0 Å². The number of rotatable bonds is 0. The van der Waals surface area contributed by atoms with E-state index in [-0.39, 0.29) is 5.91 Å². The number of carbonyl (C=O) groups is 1. The highest BCUT2D eigenvalue weighted by atomic mass is 32.1. The van der Waals surface area contributed by atoms with Gasteiger partial charge in [0.1, 0.15) is 0 Å². The highest BCUT2D eigenvalue weighted by Gasteiger charge is 2.16. The Hall–Kier alpha value is -0.900. The van der Waals surface area contributed by atoms with Crippen LogP contribution >= 0.6 is 11.3 Å². The summed E-state index contributed by atoms with van der Waals surface area (Å²) < 4.78 is 2.05. The fraction of sp³-hybridized carbons (Fsp3) is 0.556. The molecule has 3 nitrogen and oxygen atoms in total. The molecule has 0 radical (unpaired) electrons. The summed E-state index contributed by atoms with van der Waals surface area (Å²) >= 11 is 1.65. The maximum atomic E-state index is 10.8. The smallest absolute Gasteiger partial charge is 0.245 e. The van der Waals surface area contributed by atoms with Crippen LogP contribution < -0.4 is 4.80 Å². The van der Waals surface area contributed by atoms with Crippen molar-refractivity contribution >= 4 is 17.2 Å². The zero-order chi connectivity index (χ0) is 9.42. The lowest BCUT2D eigenvalue weighted by atomic mass is 10.4. The lowest BCUT2D eigenvalue weighted by Gasteiger charge is -1.95. The highest BCUT2D eigenvalue weighted by molar-refractivity contribution is 7.09. The van der Waals surface area contributed by atoms with E-state index in [1.807, 2.05) is 7.05 Å². The van der Waals surface area contributed by atoms with Gasteiger partial charge in [-0.2, -0.15) is 4.99 Å². The van der Waals surface area contributed by atoms with Crippen LogP contribution in [0.15, 0.2) is 4.99 Å². The molecule has 0 N–H and O–H groups in total. The van der Waals surface area contributed by atoms with Gasteiger partial charge in [-0.1, -0.05) is 0 Å². The van der Waals surface area contributed by atoms with E-state index in [0.717, 1.165) is 17.6 Å². The van der Waals surface area contributed by atoms with E-state index in [0.29, 0.717) is 0 Å². The van der Waals surface area contributed by atoms with Crippen molar-refractivity contribution in [3.8, 4) is 0 Å². The van der Waals surface area contributed by atoms with Gasteiger partial charge in [0.25, 0.3) is 0 Å². The Labute approximate surface area is 80.7 Å². The number of aryl methyl sites for hydroxylation is 1. The molecular weight excluding hydrogens is 184 g/mol. The molecule has 1 aliphatic rings. The number of hydrogen-bond donors (Lipinski definition) is 0. The van der Waals surface area contributed by atoms with Crippen molar-refractivity contribution in [3.63, 3.8) is 0 Å². The Morgan fingerprint density at radius 1 is 1.54 bits per heavy atom. The summed E-state index contributed by atoms with van der Waals surface area (Å²) in [6, 6.07) is 0. The van der Waals surface area contributed by atoms with Crippen LogP contribution in [-0.4, -0.2) is 10.5 Å². The second-order valence-electron chi connectivity index (χ2n) is 3.30. The molecule has 1 aromatic heterocycles. The summed E-state index contributed by atoms with van der Waals surface area (Å²) in [5, 5.41) is 0. The molecule has 0 unspecified atom stereocenters. The molecule has 0 aromatic carbocycles. The van der Waals surface area contributed by atoms with Crippen molar-refractivity contribution in [2.45, 2.75) is 26.2 Å². The molecule has 0 saturated carbocycles. The van der Waals surface area contributed by atoms with Crippen LogP contribution in [-0.2, 0) is 24.7 Å². The lowest BCUT2D eigenvalue weighted by molar-refractivity contribution is -0.116. The molecule has 70 valence electrons. The van der Waals surface area contributed by atoms with E-state index in [1.165, 1.54) is 23.9 Å². The van der Waals surface area contributed by atoms with Gasteiger partial charge in [-0.3, -0.25) is 4.79 Å². The van der Waals surface area contributed by atoms with Crippen molar-refractivity contribution in [1.82, 2.24) is 4.57 Å². The molecule has 1 aliphatic carbocycles. The first-order valence-corrected chi connectivity index (χ1v) is 5.23. The van der Waals surface area contributed by atoms with Crippen molar-refractivity contribution in [2.75, 3.05) is 0 Å². The van der Waals surface area contributed by atoms with Gasteiger partial charge in [0.05, 0.1) is 0 Å². The van der Waals surface area contributed by atoms with Crippen LogP contribution in [0.1, 0.15) is 23.9 Å². The average molecular weight is 196 g/mol. The quantitative estimate of drug-likeness (QED) is 0.610. The number of hydrogen-bond acceptors (Lipinski definition) is 2. The summed E-state index contributed by atoms with van der Waals surface area (Å²) in [7, 11) is 1.99. The predicted octanol–water partition coefficient (Wildman–Crippen LogP) is 1.02. The summed E-state index contributed by atoms with van der Waals surface area (Å²) in [6.07, 6.45) is 3.53. The standard InChI is InChI=1S/C9H12N2OS/c1-6(12)10-9-11(2)7-4-3-5-8(7)13-9/h3-5H2,1-2H3/b10-9-. The minimum absolute atomic E-state index is 0.115. The van der Waals surface area contributed by atoms with Gasteiger partial charge >= 0.3 is 0 Å². The zero-order valence-corrected chi connectivity index (χ0v) is 8.65. The topological polar surface area (TPSA) is 34.4 Å². The Balaban J connectivity index is 2.57. The SMILES string of the molecule is CC(=O)/N=c1\sc2c(n1C)CCC2. The zero-order valence-electron chi connectivity index (χ0n) is 7.83. The van der Waals surface area contributed by atoms with Gasteiger partial charge in [-0.05, 0) is 19.3 Å². The van der Waals surface area contributed by atoms with E-state index >= 15 is 0 Å². The molecule has 0 atom stereocenters. The number of amides is 1.